The molecule has 1 heterocycles. The van der Waals surface area contributed by atoms with Crippen LogP contribution in [-0.4, -0.2) is 37.1 Å². The lowest BCUT2D eigenvalue weighted by Crippen LogP contribution is -2.51. The number of hydrogen-bond donors (Lipinski definition) is 0. The molecule has 1 aliphatic heterocycles. The summed E-state index contributed by atoms with van der Waals surface area (Å²) in [6.07, 6.45) is 6.90. The van der Waals surface area contributed by atoms with E-state index in [0.29, 0.717) is 0 Å². The topological polar surface area (TPSA) is 6.48 Å². The van der Waals surface area contributed by atoms with E-state index in [-0.39, 0.29) is 5.82 Å². The van der Waals surface area contributed by atoms with Gasteiger partial charge in [0.15, 0.2) is 0 Å². The molecule has 0 unspecified atom stereocenters. The number of piperazine rings is 1. The SMILES string of the molecule is Fc1ccccc1N1CCN(C2CCCCC2)CC1. The third-order valence-corrected chi connectivity index (χ3v) is 4.60. The number of hydrogen-bond acceptors (Lipinski definition) is 2. The molecule has 19 heavy (non-hydrogen) atoms. The van der Waals surface area contributed by atoms with Gasteiger partial charge in [0.1, 0.15) is 5.82 Å². The van der Waals surface area contributed by atoms with Crippen molar-refractivity contribution in [2.45, 2.75) is 38.1 Å². The van der Waals surface area contributed by atoms with Crippen LogP contribution >= 0.6 is 0 Å². The standard InChI is InChI=1S/C16H23FN2/c17-15-8-4-5-9-16(15)19-12-10-18(11-13-19)14-6-2-1-3-7-14/h4-5,8-9,14H,1-3,6-7,10-13H2. The summed E-state index contributed by atoms with van der Waals surface area (Å²) in [6.45, 7) is 4.08. The van der Waals surface area contributed by atoms with E-state index in [9.17, 15) is 4.39 Å². The van der Waals surface area contributed by atoms with E-state index in [1.165, 1.54) is 32.1 Å². The molecule has 2 fully saturated rings. The Morgan fingerprint density at radius 3 is 2.26 bits per heavy atom. The first kappa shape index (κ1) is 12.9. The molecule has 2 nitrogen and oxygen atoms in total. The van der Waals surface area contributed by atoms with Crippen molar-refractivity contribution >= 4 is 5.69 Å². The van der Waals surface area contributed by atoms with Gasteiger partial charge in [-0.05, 0) is 25.0 Å². The quantitative estimate of drug-likeness (QED) is 0.807. The maximum atomic E-state index is 13.8. The van der Waals surface area contributed by atoms with E-state index in [1.807, 2.05) is 12.1 Å². The van der Waals surface area contributed by atoms with Crippen LogP contribution in [0.4, 0.5) is 10.1 Å². The van der Waals surface area contributed by atoms with Gasteiger partial charge in [0.2, 0.25) is 0 Å². The lowest BCUT2D eigenvalue weighted by molar-refractivity contribution is 0.147. The number of anilines is 1. The smallest absolute Gasteiger partial charge is 0.146 e. The molecule has 0 radical (unpaired) electrons. The van der Waals surface area contributed by atoms with Crippen molar-refractivity contribution in [1.82, 2.24) is 4.90 Å². The molecule has 1 saturated carbocycles. The lowest BCUT2D eigenvalue weighted by atomic mass is 9.94. The van der Waals surface area contributed by atoms with E-state index in [0.717, 1.165) is 37.9 Å². The fourth-order valence-corrected chi connectivity index (χ4v) is 3.48. The summed E-state index contributed by atoms with van der Waals surface area (Å²) in [5.41, 5.74) is 0.769. The van der Waals surface area contributed by atoms with Gasteiger partial charge in [-0.3, -0.25) is 4.90 Å². The van der Waals surface area contributed by atoms with Gasteiger partial charge in [-0.15, -0.1) is 0 Å². The third-order valence-electron chi connectivity index (χ3n) is 4.60. The number of nitrogens with zero attached hydrogens (tertiary/aromatic N) is 2. The summed E-state index contributed by atoms with van der Waals surface area (Å²) in [6, 6.07) is 7.92. The molecule has 0 N–H and O–H groups in total. The van der Waals surface area contributed by atoms with Gasteiger partial charge in [-0.25, -0.2) is 4.39 Å². The molecule has 0 spiro atoms. The molecule has 104 valence electrons. The minimum Gasteiger partial charge on any atom is -0.367 e. The number of benzene rings is 1. The molecular formula is C16H23FN2. The van der Waals surface area contributed by atoms with E-state index < -0.39 is 0 Å². The first-order chi connectivity index (χ1) is 9.34. The van der Waals surface area contributed by atoms with Gasteiger partial charge in [0.25, 0.3) is 0 Å². The summed E-state index contributed by atoms with van der Waals surface area (Å²) in [5, 5.41) is 0. The molecule has 0 atom stereocenters. The second-order valence-electron chi connectivity index (χ2n) is 5.77. The van der Waals surface area contributed by atoms with Crippen LogP contribution < -0.4 is 4.90 Å². The van der Waals surface area contributed by atoms with E-state index >= 15 is 0 Å². The largest absolute Gasteiger partial charge is 0.367 e. The van der Waals surface area contributed by atoms with E-state index in [1.54, 1.807) is 12.1 Å². The van der Waals surface area contributed by atoms with Crippen LogP contribution in [0.1, 0.15) is 32.1 Å². The minimum absolute atomic E-state index is 0.0892. The first-order valence-corrected chi connectivity index (χ1v) is 7.58. The van der Waals surface area contributed by atoms with E-state index in [2.05, 4.69) is 9.80 Å². The van der Waals surface area contributed by atoms with Gasteiger partial charge in [-0.1, -0.05) is 31.4 Å². The molecule has 0 aromatic heterocycles. The van der Waals surface area contributed by atoms with Crippen LogP contribution in [0.25, 0.3) is 0 Å². The van der Waals surface area contributed by atoms with Crippen molar-refractivity contribution in [3.8, 4) is 0 Å². The van der Waals surface area contributed by atoms with Crippen molar-refractivity contribution in [3.63, 3.8) is 0 Å². The van der Waals surface area contributed by atoms with Crippen molar-refractivity contribution in [2.24, 2.45) is 0 Å². The highest BCUT2D eigenvalue weighted by molar-refractivity contribution is 5.48. The molecular weight excluding hydrogens is 239 g/mol. The normalized spacial score (nSPS) is 22.7. The Labute approximate surface area is 115 Å². The first-order valence-electron chi connectivity index (χ1n) is 7.58. The Balaban J connectivity index is 1.58. The molecule has 1 aromatic carbocycles. The fourth-order valence-electron chi connectivity index (χ4n) is 3.48. The second kappa shape index (κ2) is 5.91. The van der Waals surface area contributed by atoms with Crippen LogP contribution in [0.2, 0.25) is 0 Å². The molecule has 2 aliphatic rings. The van der Waals surface area contributed by atoms with Crippen LogP contribution in [-0.2, 0) is 0 Å². The molecule has 1 aliphatic carbocycles. The van der Waals surface area contributed by atoms with Crippen molar-refractivity contribution in [1.29, 1.82) is 0 Å². The second-order valence-corrected chi connectivity index (χ2v) is 5.77. The Kier molecular flexibility index (Phi) is 4.02. The highest BCUT2D eigenvalue weighted by atomic mass is 19.1. The van der Waals surface area contributed by atoms with Gasteiger partial charge >= 0.3 is 0 Å². The third kappa shape index (κ3) is 2.92. The summed E-state index contributed by atoms with van der Waals surface area (Å²) in [7, 11) is 0. The Morgan fingerprint density at radius 1 is 0.895 bits per heavy atom. The summed E-state index contributed by atoms with van der Waals surface area (Å²) in [4.78, 5) is 4.81. The van der Waals surface area contributed by atoms with E-state index in [4.69, 9.17) is 0 Å². The van der Waals surface area contributed by atoms with Crippen molar-refractivity contribution < 1.29 is 4.39 Å². The van der Waals surface area contributed by atoms with Crippen molar-refractivity contribution in [2.75, 3.05) is 31.1 Å². The van der Waals surface area contributed by atoms with Crippen LogP contribution in [0, 0.1) is 5.82 Å². The average molecular weight is 262 g/mol. The lowest BCUT2D eigenvalue weighted by Gasteiger charge is -2.41. The zero-order valence-electron chi connectivity index (χ0n) is 11.5. The van der Waals surface area contributed by atoms with Gasteiger partial charge in [0.05, 0.1) is 5.69 Å². The summed E-state index contributed by atoms with van der Waals surface area (Å²) >= 11 is 0. The minimum atomic E-state index is -0.0892. The van der Waals surface area contributed by atoms with Crippen LogP contribution in [0.15, 0.2) is 24.3 Å². The number of halogens is 1. The molecule has 0 bridgehead atoms. The Morgan fingerprint density at radius 2 is 1.58 bits per heavy atom. The Hall–Kier alpha value is -1.09. The average Bonchev–Trinajstić information content (AvgIpc) is 2.49. The predicted octanol–water partition coefficient (Wildman–Crippen LogP) is 3.28. The number of para-hydroxylation sites is 1. The highest BCUT2D eigenvalue weighted by Crippen LogP contribution is 2.25. The number of rotatable bonds is 2. The summed E-state index contributed by atoms with van der Waals surface area (Å²) < 4.78 is 13.8. The monoisotopic (exact) mass is 262 g/mol. The maximum Gasteiger partial charge on any atom is 0.146 e. The fraction of sp³-hybridized carbons (Fsp3) is 0.625. The molecule has 0 amide bonds. The highest BCUT2D eigenvalue weighted by Gasteiger charge is 2.25. The molecule has 3 heteroatoms. The maximum absolute atomic E-state index is 13.8. The predicted molar refractivity (Wildman–Crippen MR) is 77.1 cm³/mol. The Bertz CT molecular complexity index is 407. The van der Waals surface area contributed by atoms with Crippen LogP contribution in [0.5, 0.6) is 0 Å². The van der Waals surface area contributed by atoms with Gasteiger partial charge < -0.3 is 4.90 Å². The molecule has 1 saturated heterocycles. The summed E-state index contributed by atoms with van der Waals surface area (Å²) in [5.74, 6) is -0.0892. The van der Waals surface area contributed by atoms with Gasteiger partial charge in [-0.2, -0.15) is 0 Å². The molecule has 1 aromatic rings. The molecule has 3 rings (SSSR count). The van der Waals surface area contributed by atoms with Crippen LogP contribution in [0.3, 0.4) is 0 Å². The van der Waals surface area contributed by atoms with Gasteiger partial charge in [0, 0.05) is 32.2 Å². The van der Waals surface area contributed by atoms with Crippen molar-refractivity contribution in [3.05, 3.63) is 30.1 Å². The zero-order valence-corrected chi connectivity index (χ0v) is 11.5. The zero-order chi connectivity index (χ0) is 13.1.